The fraction of sp³-hybridized carbons (Fsp3) is 0.286. The number of ether oxygens (including phenoxy) is 2. The van der Waals surface area contributed by atoms with Crippen LogP contribution < -0.4 is 20.7 Å². The van der Waals surface area contributed by atoms with Crippen LogP contribution >= 0.6 is 11.6 Å². The van der Waals surface area contributed by atoms with Crippen molar-refractivity contribution in [2.75, 3.05) is 55.9 Å². The number of carbonyl (C=O) groups is 2. The predicted octanol–water partition coefficient (Wildman–Crippen LogP) is 4.76. The molecular weight excluding hydrogens is 520 g/mol. The summed E-state index contributed by atoms with van der Waals surface area (Å²) in [4.78, 5) is 35.1. The Morgan fingerprint density at radius 2 is 1.97 bits per heavy atom. The van der Waals surface area contributed by atoms with Crippen molar-refractivity contribution in [1.29, 1.82) is 0 Å². The van der Waals surface area contributed by atoms with Crippen molar-refractivity contribution in [3.05, 3.63) is 71.4 Å². The van der Waals surface area contributed by atoms with E-state index in [9.17, 15) is 9.59 Å². The second-order valence-corrected chi connectivity index (χ2v) is 9.42. The molecule has 4 rings (SSSR count). The van der Waals surface area contributed by atoms with Crippen molar-refractivity contribution in [2.45, 2.75) is 12.8 Å². The van der Waals surface area contributed by atoms with Crippen LogP contribution in [0, 0.1) is 0 Å². The van der Waals surface area contributed by atoms with Gasteiger partial charge in [0.05, 0.1) is 32.2 Å². The van der Waals surface area contributed by atoms with E-state index in [4.69, 9.17) is 21.1 Å². The van der Waals surface area contributed by atoms with E-state index in [0.717, 1.165) is 24.9 Å². The summed E-state index contributed by atoms with van der Waals surface area (Å²) in [6.07, 6.45) is 2.35. The zero-order valence-electron chi connectivity index (χ0n) is 21.9. The van der Waals surface area contributed by atoms with Crippen LogP contribution in [0.1, 0.15) is 18.4 Å². The summed E-state index contributed by atoms with van der Waals surface area (Å²) in [5.74, 6) is 0.566. The van der Waals surface area contributed by atoms with Gasteiger partial charge in [-0.15, -0.1) is 0 Å². The van der Waals surface area contributed by atoms with E-state index in [2.05, 4.69) is 37.4 Å². The Morgan fingerprint density at radius 3 is 2.72 bits per heavy atom. The number of rotatable bonds is 11. The van der Waals surface area contributed by atoms with E-state index in [1.165, 1.54) is 6.20 Å². The molecule has 1 fully saturated rings. The number of anilines is 5. The maximum atomic E-state index is 12.8. The fourth-order valence-electron chi connectivity index (χ4n) is 4.05. The number of morpholine rings is 1. The zero-order valence-corrected chi connectivity index (χ0v) is 22.6. The first-order valence-electron chi connectivity index (χ1n) is 12.5. The smallest absolute Gasteiger partial charge is 0.252 e. The lowest BCUT2D eigenvalue weighted by molar-refractivity contribution is -0.113. The Labute approximate surface area is 232 Å². The number of aromatic nitrogens is 2. The zero-order chi connectivity index (χ0) is 27.8. The van der Waals surface area contributed by atoms with Crippen molar-refractivity contribution in [3.8, 4) is 5.75 Å². The molecule has 0 bridgehead atoms. The van der Waals surface area contributed by atoms with Gasteiger partial charge in [-0.05, 0) is 29.8 Å². The van der Waals surface area contributed by atoms with Gasteiger partial charge >= 0.3 is 0 Å². The first kappa shape index (κ1) is 28.0. The van der Waals surface area contributed by atoms with E-state index in [1.54, 1.807) is 25.3 Å². The topological polar surface area (TPSA) is 118 Å². The second kappa shape index (κ2) is 13.2. The largest absolute Gasteiger partial charge is 0.495 e. The third-order valence-corrected chi connectivity index (χ3v) is 6.47. The van der Waals surface area contributed by atoms with Crippen molar-refractivity contribution < 1.29 is 19.1 Å². The number of halogens is 1. The monoisotopic (exact) mass is 550 g/mol. The highest BCUT2D eigenvalue weighted by molar-refractivity contribution is 6.33. The number of aldehydes is 1. The van der Waals surface area contributed by atoms with E-state index in [-0.39, 0.29) is 17.8 Å². The molecule has 3 aromatic rings. The summed E-state index contributed by atoms with van der Waals surface area (Å²) >= 11 is 6.38. The molecule has 39 heavy (non-hydrogen) atoms. The average Bonchev–Trinajstić information content (AvgIpc) is 2.95. The summed E-state index contributed by atoms with van der Waals surface area (Å²) in [6.45, 7) is 9.07. The van der Waals surface area contributed by atoms with Crippen molar-refractivity contribution in [3.63, 3.8) is 0 Å². The van der Waals surface area contributed by atoms with Gasteiger partial charge in [0.25, 0.3) is 5.91 Å². The lowest BCUT2D eigenvalue weighted by atomic mass is 10.0. The van der Waals surface area contributed by atoms with Gasteiger partial charge < -0.3 is 30.2 Å². The summed E-state index contributed by atoms with van der Waals surface area (Å²) in [6, 6.07) is 12.6. The SMILES string of the molecule is C=C(CN1CCOCC1)C(=O)Nc1ccc(OC)c(Nc2ncc(Cl)c(Nc3ccccc3[C@@H](C)C=O)n2)c1. The summed E-state index contributed by atoms with van der Waals surface area (Å²) in [7, 11) is 1.55. The maximum absolute atomic E-state index is 12.8. The third-order valence-electron chi connectivity index (χ3n) is 6.20. The highest BCUT2D eigenvalue weighted by Crippen LogP contribution is 2.32. The number of carbonyl (C=O) groups excluding carboxylic acids is 2. The van der Waals surface area contributed by atoms with Crippen molar-refractivity contribution in [2.24, 2.45) is 0 Å². The molecule has 1 aromatic heterocycles. The van der Waals surface area contributed by atoms with Gasteiger partial charge in [-0.3, -0.25) is 9.69 Å². The minimum atomic E-state index is -0.306. The summed E-state index contributed by atoms with van der Waals surface area (Å²) in [5.41, 5.74) is 3.08. The quantitative estimate of drug-likeness (QED) is 0.229. The Morgan fingerprint density at radius 1 is 1.21 bits per heavy atom. The number of amides is 1. The number of hydrogen-bond acceptors (Lipinski definition) is 9. The summed E-state index contributed by atoms with van der Waals surface area (Å²) in [5, 5.41) is 9.53. The standard InChI is InChI=1S/C28H31ClN6O4/c1-18(16-35-10-12-39-13-11-35)27(37)31-20-8-9-25(38-3)24(14-20)33-28-30-15-22(29)26(34-28)32-23-7-5-4-6-21(23)19(2)17-36/h4-9,14-15,17,19H,1,10-13,16H2,2-3H3,(H,31,37)(H2,30,32,33,34)/t19-/m0/s1. The van der Waals surface area contributed by atoms with E-state index in [0.29, 0.717) is 59.0 Å². The minimum Gasteiger partial charge on any atom is -0.495 e. The molecule has 0 radical (unpaired) electrons. The molecule has 0 spiro atoms. The van der Waals surface area contributed by atoms with Crippen LogP contribution in [0.5, 0.6) is 5.75 Å². The molecule has 1 aliphatic rings. The Kier molecular flexibility index (Phi) is 9.48. The molecule has 2 heterocycles. The number of nitrogens with zero attached hydrogens (tertiary/aromatic N) is 3. The Bertz CT molecular complexity index is 1350. The van der Waals surface area contributed by atoms with Crippen LogP contribution in [0.3, 0.4) is 0 Å². The lowest BCUT2D eigenvalue weighted by Gasteiger charge is -2.26. The minimum absolute atomic E-state index is 0.251. The Balaban J connectivity index is 1.50. The van der Waals surface area contributed by atoms with Gasteiger partial charge in [0.2, 0.25) is 5.95 Å². The average molecular weight is 551 g/mol. The maximum Gasteiger partial charge on any atom is 0.252 e. The first-order chi connectivity index (χ1) is 18.9. The second-order valence-electron chi connectivity index (χ2n) is 9.01. The fourth-order valence-corrected chi connectivity index (χ4v) is 4.19. The molecule has 0 unspecified atom stereocenters. The van der Waals surface area contributed by atoms with Gasteiger partial charge in [-0.1, -0.05) is 43.3 Å². The van der Waals surface area contributed by atoms with Gasteiger partial charge in [0, 0.05) is 42.5 Å². The lowest BCUT2D eigenvalue weighted by Crippen LogP contribution is -2.38. The van der Waals surface area contributed by atoms with Gasteiger partial charge in [0.1, 0.15) is 17.1 Å². The van der Waals surface area contributed by atoms with Crippen molar-refractivity contribution >= 4 is 52.6 Å². The van der Waals surface area contributed by atoms with Crippen LogP contribution in [0.2, 0.25) is 5.02 Å². The molecule has 1 amide bonds. The molecule has 0 saturated carbocycles. The normalized spacial score (nSPS) is 14.2. The summed E-state index contributed by atoms with van der Waals surface area (Å²) < 4.78 is 10.8. The molecule has 1 aliphatic heterocycles. The van der Waals surface area contributed by atoms with Crippen LogP contribution in [-0.4, -0.2) is 67.0 Å². The molecule has 0 aliphatic carbocycles. The number of benzene rings is 2. The molecule has 10 nitrogen and oxygen atoms in total. The third kappa shape index (κ3) is 7.32. The van der Waals surface area contributed by atoms with Crippen LogP contribution in [0.25, 0.3) is 0 Å². The van der Waals surface area contributed by atoms with Crippen LogP contribution in [0.15, 0.2) is 60.8 Å². The number of para-hydroxylation sites is 1. The molecular formula is C28H31ClN6O4. The molecule has 3 N–H and O–H groups in total. The number of nitrogens with one attached hydrogen (secondary N) is 3. The number of methoxy groups -OCH3 is 1. The van der Waals surface area contributed by atoms with Crippen LogP contribution in [-0.2, 0) is 14.3 Å². The molecule has 1 atom stereocenters. The van der Waals surface area contributed by atoms with Gasteiger partial charge in [-0.25, -0.2) is 4.98 Å². The van der Waals surface area contributed by atoms with E-state index >= 15 is 0 Å². The predicted molar refractivity (Wildman–Crippen MR) is 153 cm³/mol. The highest BCUT2D eigenvalue weighted by Gasteiger charge is 2.17. The molecule has 11 heteroatoms. The Hall–Kier alpha value is -3.99. The number of hydrogen-bond donors (Lipinski definition) is 3. The van der Waals surface area contributed by atoms with E-state index in [1.807, 2.05) is 31.2 Å². The van der Waals surface area contributed by atoms with E-state index < -0.39 is 0 Å². The van der Waals surface area contributed by atoms with Crippen molar-refractivity contribution in [1.82, 2.24) is 14.9 Å². The molecule has 1 saturated heterocycles. The molecule has 204 valence electrons. The highest BCUT2D eigenvalue weighted by atomic mass is 35.5. The molecule has 2 aromatic carbocycles. The van der Waals surface area contributed by atoms with Crippen LogP contribution in [0.4, 0.5) is 28.8 Å². The first-order valence-corrected chi connectivity index (χ1v) is 12.8. The van der Waals surface area contributed by atoms with Gasteiger partial charge in [-0.2, -0.15) is 4.98 Å². The van der Waals surface area contributed by atoms with Gasteiger partial charge in [0.15, 0.2) is 5.82 Å².